The van der Waals surface area contributed by atoms with E-state index in [1.165, 1.54) is 0 Å². The largest absolute Gasteiger partial charge is 0.345 e. The average molecular weight is 318 g/mol. The van der Waals surface area contributed by atoms with Crippen molar-refractivity contribution in [3.05, 3.63) is 30.1 Å². The molecule has 1 aliphatic rings. The van der Waals surface area contributed by atoms with Crippen LogP contribution in [0.2, 0.25) is 0 Å². The van der Waals surface area contributed by atoms with Gasteiger partial charge in [-0.15, -0.1) is 0 Å². The van der Waals surface area contributed by atoms with Gasteiger partial charge in [0, 0.05) is 52.2 Å². The Morgan fingerprint density at radius 3 is 2.43 bits per heavy atom. The second-order valence-electron chi connectivity index (χ2n) is 5.91. The maximum Gasteiger partial charge on any atom is 0.232 e. The van der Waals surface area contributed by atoms with Crippen LogP contribution in [0.5, 0.6) is 0 Å². The predicted molar refractivity (Wildman–Crippen MR) is 88.9 cm³/mol. The molecule has 1 saturated heterocycles. The van der Waals surface area contributed by atoms with Gasteiger partial charge in [0.25, 0.3) is 0 Å². The first kappa shape index (κ1) is 17.4. The van der Waals surface area contributed by atoms with Crippen LogP contribution in [-0.2, 0) is 16.0 Å². The zero-order valence-electron chi connectivity index (χ0n) is 14.1. The van der Waals surface area contributed by atoms with Crippen LogP contribution in [0.25, 0.3) is 0 Å². The third kappa shape index (κ3) is 5.32. The molecule has 2 rings (SSSR count). The van der Waals surface area contributed by atoms with Crippen molar-refractivity contribution in [3.8, 4) is 0 Å². The van der Waals surface area contributed by atoms with Gasteiger partial charge in [0.2, 0.25) is 11.8 Å². The van der Waals surface area contributed by atoms with Gasteiger partial charge in [0.1, 0.15) is 6.42 Å². The van der Waals surface area contributed by atoms with Crippen molar-refractivity contribution >= 4 is 11.8 Å². The number of pyridine rings is 1. The van der Waals surface area contributed by atoms with Crippen LogP contribution in [0.15, 0.2) is 24.5 Å². The van der Waals surface area contributed by atoms with E-state index in [9.17, 15) is 9.59 Å². The van der Waals surface area contributed by atoms with Crippen LogP contribution in [0, 0.1) is 0 Å². The minimum atomic E-state index is -0.109. The Hall–Kier alpha value is -1.95. The van der Waals surface area contributed by atoms with Gasteiger partial charge in [-0.05, 0) is 30.7 Å². The number of nitrogens with zero attached hydrogens (tertiary/aromatic N) is 4. The van der Waals surface area contributed by atoms with Crippen molar-refractivity contribution < 1.29 is 9.59 Å². The fourth-order valence-electron chi connectivity index (χ4n) is 2.66. The van der Waals surface area contributed by atoms with Crippen LogP contribution in [0.1, 0.15) is 18.9 Å². The molecule has 0 bridgehead atoms. The Morgan fingerprint density at radius 1 is 1.17 bits per heavy atom. The van der Waals surface area contributed by atoms with Gasteiger partial charge >= 0.3 is 0 Å². The van der Waals surface area contributed by atoms with Crippen LogP contribution < -0.4 is 0 Å². The first-order valence-corrected chi connectivity index (χ1v) is 8.23. The number of rotatable bonds is 6. The lowest BCUT2D eigenvalue weighted by atomic mass is 10.2. The fourth-order valence-corrected chi connectivity index (χ4v) is 2.66. The summed E-state index contributed by atoms with van der Waals surface area (Å²) in [6.07, 6.45) is 4.24. The van der Waals surface area contributed by atoms with Crippen LogP contribution >= 0.6 is 0 Å². The monoisotopic (exact) mass is 318 g/mol. The van der Waals surface area contributed by atoms with Gasteiger partial charge in [-0.3, -0.25) is 14.6 Å². The van der Waals surface area contributed by atoms with Crippen LogP contribution in [-0.4, -0.2) is 77.8 Å². The molecule has 1 aromatic rings. The van der Waals surface area contributed by atoms with E-state index in [0.717, 1.165) is 44.7 Å². The van der Waals surface area contributed by atoms with Crippen molar-refractivity contribution in [1.82, 2.24) is 19.7 Å². The zero-order valence-corrected chi connectivity index (χ0v) is 14.1. The molecule has 126 valence electrons. The number of hydrogen-bond acceptors (Lipinski definition) is 4. The van der Waals surface area contributed by atoms with E-state index in [4.69, 9.17) is 0 Å². The predicted octanol–water partition coefficient (Wildman–Crippen LogP) is 0.637. The van der Waals surface area contributed by atoms with Crippen molar-refractivity contribution in [3.63, 3.8) is 0 Å². The van der Waals surface area contributed by atoms with E-state index in [2.05, 4.69) is 16.8 Å². The number of aromatic nitrogens is 1. The lowest BCUT2D eigenvalue weighted by Crippen LogP contribution is -2.49. The molecule has 0 saturated carbocycles. The molecule has 0 atom stereocenters. The maximum absolute atomic E-state index is 12.2. The summed E-state index contributed by atoms with van der Waals surface area (Å²) in [6, 6.07) is 3.88. The number of hydrogen-bond donors (Lipinski definition) is 0. The molecule has 2 amide bonds. The standard InChI is InChI=1S/C17H26N4O2/c1-3-20-10-12-21(13-11-20)17(23)14-16(22)19(2)9-6-15-4-7-18-8-5-15/h4-5,7-8H,3,6,9-14H2,1-2H3. The van der Waals surface area contributed by atoms with Gasteiger partial charge in [-0.25, -0.2) is 0 Å². The van der Waals surface area contributed by atoms with Gasteiger partial charge < -0.3 is 14.7 Å². The van der Waals surface area contributed by atoms with Gasteiger partial charge in [-0.2, -0.15) is 0 Å². The fraction of sp³-hybridized carbons (Fsp3) is 0.588. The average Bonchev–Trinajstić information content (AvgIpc) is 2.60. The number of amides is 2. The van der Waals surface area contributed by atoms with Gasteiger partial charge in [-0.1, -0.05) is 6.92 Å². The summed E-state index contributed by atoms with van der Waals surface area (Å²) in [5.41, 5.74) is 1.14. The number of piperazine rings is 1. The molecule has 0 radical (unpaired) electrons. The molecular weight excluding hydrogens is 292 g/mol. The lowest BCUT2D eigenvalue weighted by molar-refractivity contribution is -0.140. The summed E-state index contributed by atoms with van der Waals surface area (Å²) in [5, 5.41) is 0. The van der Waals surface area contributed by atoms with E-state index >= 15 is 0 Å². The molecule has 6 nitrogen and oxygen atoms in total. The quantitative estimate of drug-likeness (QED) is 0.722. The molecule has 0 aliphatic carbocycles. The molecule has 0 N–H and O–H groups in total. The Morgan fingerprint density at radius 2 is 1.83 bits per heavy atom. The van der Waals surface area contributed by atoms with Crippen molar-refractivity contribution in [2.24, 2.45) is 0 Å². The van der Waals surface area contributed by atoms with Gasteiger partial charge in [0.05, 0.1) is 0 Å². The molecule has 2 heterocycles. The third-order valence-electron chi connectivity index (χ3n) is 4.39. The highest BCUT2D eigenvalue weighted by Crippen LogP contribution is 2.05. The molecule has 1 fully saturated rings. The minimum Gasteiger partial charge on any atom is -0.345 e. The van der Waals surface area contributed by atoms with E-state index in [0.29, 0.717) is 6.54 Å². The molecule has 0 spiro atoms. The molecule has 0 unspecified atom stereocenters. The second-order valence-corrected chi connectivity index (χ2v) is 5.91. The Labute approximate surface area is 138 Å². The van der Waals surface area contributed by atoms with E-state index in [-0.39, 0.29) is 18.2 Å². The number of carbonyl (C=O) groups is 2. The second kappa shape index (κ2) is 8.62. The summed E-state index contributed by atoms with van der Waals surface area (Å²) in [7, 11) is 1.76. The normalized spacial score (nSPS) is 15.5. The van der Waals surface area contributed by atoms with Crippen molar-refractivity contribution in [2.45, 2.75) is 19.8 Å². The zero-order chi connectivity index (χ0) is 16.7. The van der Waals surface area contributed by atoms with E-state index in [1.807, 2.05) is 12.1 Å². The molecule has 6 heteroatoms. The smallest absolute Gasteiger partial charge is 0.232 e. The first-order chi connectivity index (χ1) is 11.1. The SMILES string of the molecule is CCN1CCN(C(=O)CC(=O)N(C)CCc2ccncc2)CC1. The number of likely N-dealkylation sites (N-methyl/N-ethyl adjacent to an activating group) is 2. The van der Waals surface area contributed by atoms with Crippen LogP contribution in [0.4, 0.5) is 0 Å². The molecule has 1 aliphatic heterocycles. The summed E-state index contributed by atoms with van der Waals surface area (Å²) in [5.74, 6) is -0.163. The highest BCUT2D eigenvalue weighted by atomic mass is 16.2. The highest BCUT2D eigenvalue weighted by Gasteiger charge is 2.23. The summed E-state index contributed by atoms with van der Waals surface area (Å²) in [4.78, 5) is 34.2. The molecule has 23 heavy (non-hydrogen) atoms. The minimum absolute atomic E-state index is 0.0288. The summed E-state index contributed by atoms with van der Waals surface area (Å²) >= 11 is 0. The Kier molecular flexibility index (Phi) is 6.52. The van der Waals surface area contributed by atoms with Crippen molar-refractivity contribution in [2.75, 3.05) is 46.3 Å². The molecule has 1 aromatic heterocycles. The molecule has 0 aromatic carbocycles. The lowest BCUT2D eigenvalue weighted by Gasteiger charge is -2.34. The topological polar surface area (TPSA) is 56.8 Å². The third-order valence-corrected chi connectivity index (χ3v) is 4.39. The number of carbonyl (C=O) groups excluding carboxylic acids is 2. The maximum atomic E-state index is 12.2. The summed E-state index contributed by atoms with van der Waals surface area (Å²) < 4.78 is 0. The molecular formula is C17H26N4O2. The van der Waals surface area contributed by atoms with Crippen molar-refractivity contribution in [1.29, 1.82) is 0 Å². The summed E-state index contributed by atoms with van der Waals surface area (Å²) in [6.45, 7) is 6.99. The van der Waals surface area contributed by atoms with Gasteiger partial charge in [0.15, 0.2) is 0 Å². The first-order valence-electron chi connectivity index (χ1n) is 8.23. The van der Waals surface area contributed by atoms with Crippen LogP contribution in [0.3, 0.4) is 0 Å². The highest BCUT2D eigenvalue weighted by molar-refractivity contribution is 5.96. The van der Waals surface area contributed by atoms with E-state index < -0.39 is 0 Å². The Balaban J connectivity index is 1.73. The van der Waals surface area contributed by atoms with E-state index in [1.54, 1.807) is 29.2 Å². The Bertz CT molecular complexity index is 513.